The van der Waals surface area contributed by atoms with Crippen molar-refractivity contribution in [2.75, 3.05) is 13.6 Å². The quantitative estimate of drug-likeness (QED) is 0.839. The summed E-state index contributed by atoms with van der Waals surface area (Å²) in [6.07, 6.45) is -0.459. The van der Waals surface area contributed by atoms with Crippen LogP contribution in [0.4, 0.5) is 13.2 Å². The van der Waals surface area contributed by atoms with Gasteiger partial charge in [0, 0.05) is 17.7 Å². The van der Waals surface area contributed by atoms with Crippen molar-refractivity contribution in [1.29, 1.82) is 0 Å². The molecule has 2 rings (SSSR count). The van der Waals surface area contributed by atoms with Gasteiger partial charge in [0.25, 0.3) is 0 Å². The van der Waals surface area contributed by atoms with Crippen LogP contribution in [0.5, 0.6) is 0 Å². The molecule has 0 aliphatic heterocycles. The Bertz CT molecular complexity index is 647. The number of hydrogen-bond acceptors (Lipinski definition) is 2. The van der Waals surface area contributed by atoms with E-state index in [1.54, 1.807) is 13.1 Å². The number of halogens is 3. The van der Waals surface area contributed by atoms with Crippen LogP contribution < -0.4 is 0 Å². The van der Waals surface area contributed by atoms with Crippen molar-refractivity contribution < 1.29 is 13.2 Å². The Morgan fingerprint density at radius 1 is 1.26 bits per heavy atom. The molecule has 0 amide bonds. The first-order valence-corrected chi connectivity index (χ1v) is 7.72. The van der Waals surface area contributed by atoms with E-state index in [4.69, 9.17) is 0 Å². The maximum absolute atomic E-state index is 13.0. The molecule has 126 valence electrons. The fourth-order valence-corrected chi connectivity index (χ4v) is 2.53. The first-order chi connectivity index (χ1) is 10.8. The molecule has 1 aromatic carbocycles. The first-order valence-electron chi connectivity index (χ1n) is 7.72. The molecule has 2 aromatic rings. The topological polar surface area (TPSA) is 31.9 Å². The summed E-state index contributed by atoms with van der Waals surface area (Å²) in [6, 6.07) is 3.81. The van der Waals surface area contributed by atoms with Gasteiger partial charge in [0.15, 0.2) is 0 Å². The zero-order valence-corrected chi connectivity index (χ0v) is 13.7. The van der Waals surface area contributed by atoms with Crippen molar-refractivity contribution >= 4 is 0 Å². The third-order valence-electron chi connectivity index (χ3n) is 3.89. The van der Waals surface area contributed by atoms with Crippen LogP contribution >= 0.6 is 0 Å². The van der Waals surface area contributed by atoms with Crippen LogP contribution in [0.2, 0.25) is 0 Å². The molecule has 0 aliphatic rings. The molecule has 0 fully saturated rings. The van der Waals surface area contributed by atoms with Gasteiger partial charge in [0.05, 0.1) is 17.5 Å². The van der Waals surface area contributed by atoms with Gasteiger partial charge in [-0.25, -0.2) is 0 Å². The SMILES string of the molecule is CCCCN(C)Cc1cn[nH]c1-c1cc(C(F)(F)F)ccc1C. The summed E-state index contributed by atoms with van der Waals surface area (Å²) in [5.74, 6) is 0. The highest BCUT2D eigenvalue weighted by Gasteiger charge is 2.31. The van der Waals surface area contributed by atoms with E-state index in [0.29, 0.717) is 17.8 Å². The van der Waals surface area contributed by atoms with E-state index in [9.17, 15) is 13.2 Å². The molecule has 1 N–H and O–H groups in total. The maximum Gasteiger partial charge on any atom is 0.416 e. The number of H-pyrrole nitrogens is 1. The molecule has 0 bridgehead atoms. The van der Waals surface area contributed by atoms with Crippen LogP contribution in [-0.2, 0) is 12.7 Å². The Morgan fingerprint density at radius 3 is 2.65 bits per heavy atom. The lowest BCUT2D eigenvalue weighted by atomic mass is 9.99. The van der Waals surface area contributed by atoms with E-state index >= 15 is 0 Å². The summed E-state index contributed by atoms with van der Waals surface area (Å²) in [7, 11) is 2.01. The van der Waals surface area contributed by atoms with E-state index in [1.807, 2.05) is 7.05 Å². The largest absolute Gasteiger partial charge is 0.416 e. The van der Waals surface area contributed by atoms with Gasteiger partial charge in [-0.05, 0) is 44.6 Å². The van der Waals surface area contributed by atoms with Gasteiger partial charge < -0.3 is 4.90 Å². The third-order valence-corrected chi connectivity index (χ3v) is 3.89. The smallest absolute Gasteiger partial charge is 0.302 e. The van der Waals surface area contributed by atoms with Gasteiger partial charge in [-0.3, -0.25) is 5.10 Å². The lowest BCUT2D eigenvalue weighted by molar-refractivity contribution is -0.137. The summed E-state index contributed by atoms with van der Waals surface area (Å²) < 4.78 is 38.9. The Hall–Kier alpha value is -1.82. The Labute approximate surface area is 134 Å². The molecular formula is C17H22F3N3. The van der Waals surface area contributed by atoms with Crippen molar-refractivity contribution in [3.05, 3.63) is 41.1 Å². The van der Waals surface area contributed by atoms with Crippen LogP contribution in [0.3, 0.4) is 0 Å². The second kappa shape index (κ2) is 7.17. The number of aromatic amines is 1. The molecule has 6 heteroatoms. The maximum atomic E-state index is 13.0. The molecule has 3 nitrogen and oxygen atoms in total. The Morgan fingerprint density at radius 2 is 2.00 bits per heavy atom. The van der Waals surface area contributed by atoms with Crippen LogP contribution in [0.1, 0.15) is 36.5 Å². The number of unbranched alkanes of at least 4 members (excludes halogenated alkanes) is 1. The fraction of sp³-hybridized carbons (Fsp3) is 0.471. The molecule has 1 aromatic heterocycles. The molecule has 23 heavy (non-hydrogen) atoms. The molecular weight excluding hydrogens is 303 g/mol. The second-order valence-corrected chi connectivity index (χ2v) is 5.89. The van der Waals surface area contributed by atoms with Gasteiger partial charge in [-0.15, -0.1) is 0 Å². The van der Waals surface area contributed by atoms with E-state index in [1.165, 1.54) is 12.1 Å². The molecule has 0 radical (unpaired) electrons. The monoisotopic (exact) mass is 325 g/mol. The average molecular weight is 325 g/mol. The van der Waals surface area contributed by atoms with Gasteiger partial charge in [-0.1, -0.05) is 19.4 Å². The zero-order valence-electron chi connectivity index (χ0n) is 13.7. The van der Waals surface area contributed by atoms with Gasteiger partial charge in [-0.2, -0.15) is 18.3 Å². The summed E-state index contributed by atoms with van der Waals surface area (Å²) in [5.41, 5.74) is 2.27. The van der Waals surface area contributed by atoms with E-state index < -0.39 is 11.7 Å². The minimum atomic E-state index is -4.35. The predicted octanol–water partition coefficient (Wildman–Crippen LogP) is 4.64. The highest BCUT2D eigenvalue weighted by molar-refractivity contribution is 5.67. The number of nitrogens with one attached hydrogen (secondary N) is 1. The zero-order chi connectivity index (χ0) is 17.0. The molecule has 0 atom stereocenters. The van der Waals surface area contributed by atoms with Gasteiger partial charge >= 0.3 is 6.18 Å². The number of benzene rings is 1. The fourth-order valence-electron chi connectivity index (χ4n) is 2.53. The molecule has 0 aliphatic carbocycles. The first kappa shape index (κ1) is 17.5. The molecule has 0 saturated carbocycles. The van der Waals surface area contributed by atoms with Crippen LogP contribution in [0, 0.1) is 6.92 Å². The number of hydrogen-bond donors (Lipinski definition) is 1. The Balaban J connectivity index is 2.31. The summed E-state index contributed by atoms with van der Waals surface area (Å²) in [4.78, 5) is 2.15. The van der Waals surface area contributed by atoms with Crippen LogP contribution in [-0.4, -0.2) is 28.7 Å². The standard InChI is InChI=1S/C17H22F3N3/c1-4-5-8-23(3)11-13-10-21-22-16(13)15-9-14(17(18,19)20)7-6-12(15)2/h6-7,9-10H,4-5,8,11H2,1-3H3,(H,21,22). The van der Waals surface area contributed by atoms with E-state index in [2.05, 4.69) is 22.0 Å². The van der Waals surface area contributed by atoms with Crippen LogP contribution in [0.25, 0.3) is 11.3 Å². The number of rotatable bonds is 6. The van der Waals surface area contributed by atoms with E-state index in [-0.39, 0.29) is 0 Å². The van der Waals surface area contributed by atoms with Crippen LogP contribution in [0.15, 0.2) is 24.4 Å². The number of aryl methyl sites for hydroxylation is 1. The molecule has 0 spiro atoms. The predicted molar refractivity (Wildman–Crippen MR) is 85.0 cm³/mol. The lowest BCUT2D eigenvalue weighted by Crippen LogP contribution is -2.19. The summed E-state index contributed by atoms with van der Waals surface area (Å²) >= 11 is 0. The third kappa shape index (κ3) is 4.34. The molecule has 1 heterocycles. The number of alkyl halides is 3. The average Bonchev–Trinajstić information content (AvgIpc) is 2.92. The van der Waals surface area contributed by atoms with Crippen molar-refractivity contribution in [2.24, 2.45) is 0 Å². The second-order valence-electron chi connectivity index (χ2n) is 5.89. The minimum absolute atomic E-state index is 0.552. The number of nitrogens with zero attached hydrogens (tertiary/aromatic N) is 2. The molecule has 0 unspecified atom stereocenters. The van der Waals surface area contributed by atoms with Crippen molar-refractivity contribution in [3.8, 4) is 11.3 Å². The van der Waals surface area contributed by atoms with Crippen molar-refractivity contribution in [2.45, 2.75) is 39.4 Å². The summed E-state index contributed by atoms with van der Waals surface area (Å²) in [6.45, 7) is 5.54. The number of aromatic nitrogens is 2. The minimum Gasteiger partial charge on any atom is -0.302 e. The highest BCUT2D eigenvalue weighted by Crippen LogP contribution is 2.34. The Kier molecular flexibility index (Phi) is 5.46. The highest BCUT2D eigenvalue weighted by atomic mass is 19.4. The summed E-state index contributed by atoms with van der Waals surface area (Å²) in [5, 5.41) is 6.89. The van der Waals surface area contributed by atoms with Gasteiger partial charge in [0.1, 0.15) is 0 Å². The van der Waals surface area contributed by atoms with E-state index in [0.717, 1.165) is 36.6 Å². The van der Waals surface area contributed by atoms with Gasteiger partial charge in [0.2, 0.25) is 0 Å². The van der Waals surface area contributed by atoms with Crippen molar-refractivity contribution in [1.82, 2.24) is 15.1 Å². The lowest BCUT2D eigenvalue weighted by Gasteiger charge is -2.17. The van der Waals surface area contributed by atoms with Crippen molar-refractivity contribution in [3.63, 3.8) is 0 Å². The molecule has 0 saturated heterocycles. The normalized spacial score (nSPS) is 12.1.